The summed E-state index contributed by atoms with van der Waals surface area (Å²) in [5, 5.41) is -0.359. The van der Waals surface area contributed by atoms with Crippen molar-refractivity contribution in [2.45, 2.75) is 11.3 Å². The van der Waals surface area contributed by atoms with E-state index in [1.54, 1.807) is 0 Å². The molecule has 0 unspecified atom stereocenters. The van der Waals surface area contributed by atoms with Crippen molar-refractivity contribution in [3.63, 3.8) is 0 Å². The van der Waals surface area contributed by atoms with E-state index in [1.165, 1.54) is 0 Å². The molecule has 4 nitrogen and oxygen atoms in total. The van der Waals surface area contributed by atoms with E-state index < -0.39 is 31.7 Å². The zero-order valence-corrected chi connectivity index (χ0v) is 10.1. The van der Waals surface area contributed by atoms with Gasteiger partial charge in [0.2, 0.25) is 0 Å². The molecule has 9 heteroatoms. The van der Waals surface area contributed by atoms with Gasteiger partial charge in [0, 0.05) is 16.9 Å². The molecule has 1 rings (SSSR count). The van der Waals surface area contributed by atoms with Crippen LogP contribution in [0.1, 0.15) is 12.0 Å². The van der Waals surface area contributed by atoms with Crippen LogP contribution in [0.15, 0.2) is 11.1 Å². The number of alkyl halides is 2. The summed E-state index contributed by atoms with van der Waals surface area (Å²) in [5.41, 5.74) is -0.891. The van der Waals surface area contributed by atoms with Gasteiger partial charge in [-0.05, 0) is 0 Å². The molecule has 90 valence electrons. The van der Waals surface area contributed by atoms with Crippen molar-refractivity contribution in [3.05, 3.63) is 16.9 Å². The molecule has 0 saturated heterocycles. The van der Waals surface area contributed by atoms with Gasteiger partial charge in [0.15, 0.2) is 10.9 Å². The summed E-state index contributed by atoms with van der Waals surface area (Å²) in [6.07, 6.45) is -2.44. The third-order valence-electron chi connectivity index (χ3n) is 1.68. The highest BCUT2D eigenvalue weighted by molar-refractivity contribution is 8.13. The van der Waals surface area contributed by atoms with Crippen LogP contribution in [0.4, 0.5) is 8.78 Å². The summed E-state index contributed by atoms with van der Waals surface area (Å²) >= 11 is 5.49. The predicted molar refractivity (Wildman–Crippen MR) is 53.8 cm³/mol. The van der Waals surface area contributed by atoms with Crippen LogP contribution < -0.4 is 4.74 Å². The van der Waals surface area contributed by atoms with Gasteiger partial charge in [-0.15, -0.1) is 0 Å². The third kappa shape index (κ3) is 2.53. The topological polar surface area (TPSA) is 56.3 Å². The van der Waals surface area contributed by atoms with Crippen LogP contribution in [0, 0.1) is 0 Å². The molecule has 0 radical (unpaired) electrons. The van der Waals surface area contributed by atoms with Crippen LogP contribution in [-0.4, -0.2) is 20.5 Å². The maximum Gasteiger partial charge on any atom is 0.268 e. The Morgan fingerprint density at radius 1 is 1.50 bits per heavy atom. The Labute approximate surface area is 99.6 Å². The molecule has 0 aliphatic heterocycles. The second kappa shape index (κ2) is 4.68. The van der Waals surface area contributed by atoms with E-state index >= 15 is 0 Å². The highest BCUT2D eigenvalue weighted by atomic mass is 35.7. The van der Waals surface area contributed by atoms with E-state index in [1.807, 2.05) is 0 Å². The molecule has 0 amide bonds. The van der Waals surface area contributed by atoms with Gasteiger partial charge in [-0.2, -0.15) is 0 Å². The minimum atomic E-state index is -4.34. The smallest absolute Gasteiger partial charge is 0.268 e. The van der Waals surface area contributed by atoms with Crippen molar-refractivity contribution >= 4 is 31.3 Å². The zero-order valence-electron chi connectivity index (χ0n) is 7.75. The molecule has 0 bridgehead atoms. The summed E-state index contributed by atoms with van der Waals surface area (Å²) in [6.45, 7) is 0. The van der Waals surface area contributed by atoms with Crippen molar-refractivity contribution < 1.29 is 21.9 Å². The molecular weight excluding hydrogens is 287 g/mol. The lowest BCUT2D eigenvalue weighted by molar-refractivity contribution is 0.143. The second-order valence-electron chi connectivity index (χ2n) is 2.60. The minimum absolute atomic E-state index is 0.359. The number of nitrogens with zero attached hydrogens (tertiary/aromatic N) is 1. The fourth-order valence-electron chi connectivity index (χ4n) is 1.06. The molecule has 0 aliphatic rings. The highest BCUT2D eigenvalue weighted by Gasteiger charge is 2.28. The average Bonchev–Trinajstić information content (AvgIpc) is 2.14. The number of aromatic nitrogens is 1. The van der Waals surface area contributed by atoms with Crippen LogP contribution in [-0.2, 0) is 9.05 Å². The van der Waals surface area contributed by atoms with Crippen molar-refractivity contribution in [1.82, 2.24) is 4.98 Å². The number of ether oxygens (including phenoxy) is 1. The van der Waals surface area contributed by atoms with Crippen molar-refractivity contribution in [2.75, 3.05) is 7.11 Å². The van der Waals surface area contributed by atoms with Gasteiger partial charge < -0.3 is 4.74 Å². The van der Waals surface area contributed by atoms with Gasteiger partial charge in [0.05, 0.1) is 12.7 Å². The predicted octanol–water partition coefficient (Wildman–Crippen LogP) is 2.61. The first-order valence-electron chi connectivity index (χ1n) is 3.74. The molecule has 0 fully saturated rings. The number of hydrogen-bond acceptors (Lipinski definition) is 4. The molecule has 1 heterocycles. The fourth-order valence-corrected chi connectivity index (χ4v) is 2.28. The van der Waals surface area contributed by atoms with Gasteiger partial charge in [-0.25, -0.2) is 22.2 Å². The lowest BCUT2D eigenvalue weighted by Gasteiger charge is -2.11. The Morgan fingerprint density at radius 3 is 2.44 bits per heavy atom. The van der Waals surface area contributed by atoms with Gasteiger partial charge in [-0.3, -0.25) is 0 Å². The molecule has 0 aromatic carbocycles. The summed E-state index contributed by atoms with van der Waals surface area (Å²) in [4.78, 5) is 2.59. The van der Waals surface area contributed by atoms with Gasteiger partial charge >= 0.3 is 0 Å². The van der Waals surface area contributed by atoms with E-state index in [-0.39, 0.29) is 5.15 Å². The number of rotatable bonds is 3. The number of pyridine rings is 1. The molecule has 1 aromatic heterocycles. The second-order valence-corrected chi connectivity index (χ2v) is 5.49. The molecule has 0 spiro atoms. The van der Waals surface area contributed by atoms with Crippen molar-refractivity contribution in [1.29, 1.82) is 0 Å². The number of halogens is 4. The Morgan fingerprint density at radius 2 is 2.06 bits per heavy atom. The summed E-state index contributed by atoms with van der Waals surface area (Å²) in [7, 11) is 1.72. The maximum absolute atomic E-state index is 12.7. The largest absolute Gasteiger partial charge is 0.493 e. The van der Waals surface area contributed by atoms with Crippen LogP contribution in [0.25, 0.3) is 0 Å². The highest BCUT2D eigenvalue weighted by Crippen LogP contribution is 2.39. The normalized spacial score (nSPS) is 11.9. The Hall–Kier alpha value is -0.660. The molecule has 0 atom stereocenters. The third-order valence-corrected chi connectivity index (χ3v) is 3.30. The molecule has 0 N–H and O–H groups in total. The van der Waals surface area contributed by atoms with E-state index in [0.29, 0.717) is 6.20 Å². The van der Waals surface area contributed by atoms with Crippen LogP contribution in [0.5, 0.6) is 5.75 Å². The van der Waals surface area contributed by atoms with Crippen molar-refractivity contribution in [2.24, 2.45) is 0 Å². The molecule has 0 aliphatic carbocycles. The van der Waals surface area contributed by atoms with Crippen LogP contribution in [0.2, 0.25) is 5.15 Å². The Kier molecular flexibility index (Phi) is 3.92. The molecule has 0 saturated carbocycles. The molecular formula is C7H5Cl2F2NO3S. The lowest BCUT2D eigenvalue weighted by atomic mass is 10.2. The van der Waals surface area contributed by atoms with E-state index in [2.05, 4.69) is 9.72 Å². The first-order chi connectivity index (χ1) is 7.29. The molecule has 1 aromatic rings. The quantitative estimate of drug-likeness (QED) is 0.634. The zero-order chi connectivity index (χ0) is 12.5. The van der Waals surface area contributed by atoms with Crippen LogP contribution >= 0.6 is 22.3 Å². The van der Waals surface area contributed by atoms with E-state index in [0.717, 1.165) is 7.11 Å². The maximum atomic E-state index is 12.7. The summed E-state index contributed by atoms with van der Waals surface area (Å²) < 4.78 is 52.0. The first-order valence-corrected chi connectivity index (χ1v) is 6.43. The van der Waals surface area contributed by atoms with E-state index in [9.17, 15) is 17.2 Å². The van der Waals surface area contributed by atoms with Crippen LogP contribution in [0.3, 0.4) is 0 Å². The number of hydrogen-bond donors (Lipinski definition) is 0. The molecule has 16 heavy (non-hydrogen) atoms. The van der Waals surface area contributed by atoms with E-state index in [4.69, 9.17) is 22.3 Å². The fraction of sp³-hybridized carbons (Fsp3) is 0.286. The average molecular weight is 292 g/mol. The standard InChI is InChI=1S/C7H5Cl2F2NO3S/c1-15-5-4(7(10)11)3(16(9,13)14)2-12-6(5)8/h2,7H,1H3. The van der Waals surface area contributed by atoms with Gasteiger partial charge in [0.1, 0.15) is 4.90 Å². The van der Waals surface area contributed by atoms with Gasteiger partial charge in [0.25, 0.3) is 15.5 Å². The van der Waals surface area contributed by atoms with Crippen molar-refractivity contribution in [3.8, 4) is 5.75 Å². The Balaban J connectivity index is 3.65. The SMILES string of the molecule is COc1c(Cl)ncc(S(=O)(=O)Cl)c1C(F)F. The minimum Gasteiger partial charge on any atom is -0.493 e. The van der Waals surface area contributed by atoms with Gasteiger partial charge in [-0.1, -0.05) is 11.6 Å². The summed E-state index contributed by atoms with van der Waals surface area (Å²) in [5.74, 6) is -0.501. The monoisotopic (exact) mass is 291 g/mol. The lowest BCUT2D eigenvalue weighted by Crippen LogP contribution is -2.04. The summed E-state index contributed by atoms with van der Waals surface area (Å²) in [6, 6.07) is 0. The number of methoxy groups -OCH3 is 1. The first kappa shape index (κ1) is 13.4. The Bertz CT molecular complexity index is 507.